The van der Waals surface area contributed by atoms with Gasteiger partial charge in [-0.1, -0.05) is 200 Å². The molecule has 4 aliphatic rings. The highest BCUT2D eigenvalue weighted by molar-refractivity contribution is 5.99. The Kier molecular flexibility index (Phi) is 8.88. The minimum absolute atomic E-state index is 0.573. The first-order valence-electron chi connectivity index (χ1n) is 25.9. The van der Waals surface area contributed by atoms with Crippen LogP contribution in [0, 0.1) is 0 Å². The minimum atomic E-state index is -0.613. The van der Waals surface area contributed by atoms with Gasteiger partial charge in [-0.15, -0.1) is 0 Å². The number of fused-ring (bicyclic) bond motifs is 19. The zero-order valence-corrected chi connectivity index (χ0v) is 40.7. The van der Waals surface area contributed by atoms with E-state index in [0.29, 0.717) is 0 Å². The van der Waals surface area contributed by atoms with Gasteiger partial charge in [-0.05, 0) is 150 Å². The van der Waals surface area contributed by atoms with E-state index < -0.39 is 10.8 Å². The number of anilines is 3. The Labute approximate surface area is 435 Å². The number of benzene rings is 12. The summed E-state index contributed by atoms with van der Waals surface area (Å²) in [7, 11) is 0. The normalized spacial score (nSPS) is 14.0. The fraction of sp³-hybridized carbons (Fsp3) is 0.0278. The van der Waals surface area contributed by atoms with Crippen LogP contribution in [0.4, 0.5) is 17.1 Å². The molecular weight excluding hydrogens is 911 g/mol. The summed E-state index contributed by atoms with van der Waals surface area (Å²) < 4.78 is 13.5. The number of hydrogen-bond acceptors (Lipinski definition) is 3. The van der Waals surface area contributed by atoms with Crippen LogP contribution in [-0.4, -0.2) is 0 Å². The highest BCUT2D eigenvalue weighted by Crippen LogP contribution is 2.64. The maximum Gasteiger partial charge on any atom is 0.132 e. The predicted octanol–water partition coefficient (Wildman–Crippen LogP) is 18.6. The molecule has 2 aliphatic carbocycles. The average Bonchev–Trinajstić information content (AvgIpc) is 4.12. The lowest BCUT2D eigenvalue weighted by Gasteiger charge is -2.39. The number of para-hydroxylation sites is 4. The van der Waals surface area contributed by atoms with Crippen molar-refractivity contribution in [2.45, 2.75) is 10.8 Å². The van der Waals surface area contributed by atoms with Gasteiger partial charge in [0, 0.05) is 39.3 Å². The summed E-state index contributed by atoms with van der Waals surface area (Å²) >= 11 is 0. The number of hydrogen-bond donors (Lipinski definition) is 0. The molecule has 2 heterocycles. The van der Waals surface area contributed by atoms with E-state index in [1.807, 2.05) is 0 Å². The molecule has 16 rings (SSSR count). The van der Waals surface area contributed by atoms with Crippen LogP contribution in [0.1, 0.15) is 44.5 Å². The van der Waals surface area contributed by atoms with Gasteiger partial charge in [-0.2, -0.15) is 0 Å². The lowest BCUT2D eigenvalue weighted by Crippen LogP contribution is -2.32. The van der Waals surface area contributed by atoms with Gasteiger partial charge in [0.15, 0.2) is 0 Å². The van der Waals surface area contributed by atoms with Crippen LogP contribution in [0.15, 0.2) is 273 Å². The smallest absolute Gasteiger partial charge is 0.132 e. The Morgan fingerprint density at radius 2 is 0.600 bits per heavy atom. The molecule has 0 fully saturated rings. The fourth-order valence-electron chi connectivity index (χ4n) is 13.4. The van der Waals surface area contributed by atoms with Crippen LogP contribution in [0.3, 0.4) is 0 Å². The minimum Gasteiger partial charge on any atom is -0.457 e. The molecule has 0 aromatic heterocycles. The molecule has 350 valence electrons. The molecule has 0 amide bonds. The maximum absolute atomic E-state index is 6.74. The van der Waals surface area contributed by atoms with Crippen molar-refractivity contribution in [1.29, 1.82) is 0 Å². The van der Waals surface area contributed by atoms with Gasteiger partial charge in [0.1, 0.15) is 23.0 Å². The SMILES string of the molecule is c1ccc(-c2ccc(-c3ccc(N(c4ccc5c(c4)C4(c6ccccc6Oc6ccccc64)c4ccccc4-5)c4ccc5cc6c(cc5c4)C4(c5ccccc5Oc5ccccc54)c4ccccc4-6)cc3)cc2)cc1. The second-order valence-electron chi connectivity index (χ2n) is 20.3. The number of nitrogens with zero attached hydrogens (tertiary/aromatic N) is 1. The van der Waals surface area contributed by atoms with Crippen molar-refractivity contribution in [1.82, 2.24) is 0 Å². The first kappa shape index (κ1) is 41.9. The van der Waals surface area contributed by atoms with Crippen LogP contribution >= 0.6 is 0 Å². The largest absolute Gasteiger partial charge is 0.457 e. The summed E-state index contributed by atoms with van der Waals surface area (Å²) in [6.45, 7) is 0. The van der Waals surface area contributed by atoms with Gasteiger partial charge in [-0.3, -0.25) is 0 Å². The molecule has 12 aromatic carbocycles. The molecule has 0 saturated heterocycles. The number of ether oxygens (including phenoxy) is 2. The molecule has 0 unspecified atom stereocenters. The van der Waals surface area contributed by atoms with E-state index >= 15 is 0 Å². The lowest BCUT2D eigenvalue weighted by molar-refractivity contribution is 0.436. The molecule has 2 aliphatic heterocycles. The van der Waals surface area contributed by atoms with Crippen molar-refractivity contribution in [3.05, 3.63) is 317 Å². The monoisotopic (exact) mass is 955 g/mol. The molecular formula is C72H45NO2. The van der Waals surface area contributed by atoms with Crippen molar-refractivity contribution >= 4 is 27.8 Å². The zero-order valence-electron chi connectivity index (χ0n) is 40.7. The van der Waals surface area contributed by atoms with Crippen LogP contribution < -0.4 is 14.4 Å². The molecule has 0 N–H and O–H groups in total. The van der Waals surface area contributed by atoms with Gasteiger partial charge >= 0.3 is 0 Å². The molecule has 12 aromatic rings. The third kappa shape index (κ3) is 5.86. The van der Waals surface area contributed by atoms with E-state index in [0.717, 1.165) is 73.3 Å². The van der Waals surface area contributed by atoms with Gasteiger partial charge in [0.25, 0.3) is 0 Å². The van der Waals surface area contributed by atoms with Crippen LogP contribution in [0.2, 0.25) is 0 Å². The second kappa shape index (κ2) is 15.9. The second-order valence-corrected chi connectivity index (χ2v) is 20.3. The molecule has 0 bridgehead atoms. The molecule has 2 spiro atoms. The van der Waals surface area contributed by atoms with E-state index in [1.165, 1.54) is 66.6 Å². The Morgan fingerprint density at radius 1 is 0.227 bits per heavy atom. The van der Waals surface area contributed by atoms with Crippen molar-refractivity contribution < 1.29 is 9.47 Å². The Bertz CT molecular complexity index is 4220. The van der Waals surface area contributed by atoms with E-state index in [1.54, 1.807) is 0 Å². The standard InChI is InChI=1S/C72H45NO2/c1-2-16-46(17-3-1)47-30-32-48(33-31-47)49-34-37-52(38-35-49)73(54-40-41-57-55-18-4-6-20-59(55)72(66(57)45-54)63-24-10-14-28-69(63)75-70-29-15-11-25-64(70)72)53-39-36-50-43-58-56-19-5-7-21-60(56)71(65(58)44-51(50)42-53)61-22-8-12-26-67(61)74-68-27-13-9-23-62(68)71/h1-45H. The first-order chi connectivity index (χ1) is 37.2. The van der Waals surface area contributed by atoms with Crippen LogP contribution in [0.25, 0.3) is 55.3 Å². The molecule has 3 heteroatoms. The highest BCUT2D eigenvalue weighted by atomic mass is 16.5. The highest BCUT2D eigenvalue weighted by Gasteiger charge is 2.53. The van der Waals surface area contributed by atoms with Crippen molar-refractivity contribution in [3.8, 4) is 67.5 Å². The predicted molar refractivity (Wildman–Crippen MR) is 304 cm³/mol. The summed E-state index contributed by atoms with van der Waals surface area (Å²) in [4.78, 5) is 2.45. The van der Waals surface area contributed by atoms with Crippen molar-refractivity contribution in [3.63, 3.8) is 0 Å². The Hall–Kier alpha value is -9.70. The quantitative estimate of drug-likeness (QED) is 0.172. The molecule has 75 heavy (non-hydrogen) atoms. The van der Waals surface area contributed by atoms with E-state index in [4.69, 9.17) is 9.47 Å². The van der Waals surface area contributed by atoms with Crippen molar-refractivity contribution in [2.24, 2.45) is 0 Å². The van der Waals surface area contributed by atoms with Crippen LogP contribution in [0.5, 0.6) is 23.0 Å². The number of rotatable bonds is 5. The Balaban J connectivity index is 0.910. The zero-order chi connectivity index (χ0) is 49.2. The van der Waals surface area contributed by atoms with Crippen LogP contribution in [-0.2, 0) is 10.8 Å². The molecule has 0 radical (unpaired) electrons. The summed E-state index contributed by atoms with van der Waals surface area (Å²) in [5.74, 6) is 3.54. The summed E-state index contributed by atoms with van der Waals surface area (Å²) in [5.41, 5.74) is 21.4. The van der Waals surface area contributed by atoms with Gasteiger partial charge in [0.05, 0.1) is 10.8 Å². The first-order valence-corrected chi connectivity index (χ1v) is 25.9. The van der Waals surface area contributed by atoms with Gasteiger partial charge in [0.2, 0.25) is 0 Å². The van der Waals surface area contributed by atoms with Gasteiger partial charge in [-0.25, -0.2) is 0 Å². The maximum atomic E-state index is 6.74. The van der Waals surface area contributed by atoms with E-state index in [9.17, 15) is 0 Å². The summed E-state index contributed by atoms with van der Waals surface area (Å²) in [6.07, 6.45) is 0. The third-order valence-corrected chi connectivity index (χ3v) is 16.6. The molecule has 3 nitrogen and oxygen atoms in total. The average molecular weight is 956 g/mol. The van der Waals surface area contributed by atoms with E-state index in [-0.39, 0.29) is 0 Å². The topological polar surface area (TPSA) is 21.7 Å². The lowest BCUT2D eigenvalue weighted by atomic mass is 9.66. The molecule has 0 saturated carbocycles. The van der Waals surface area contributed by atoms with E-state index in [2.05, 4.69) is 278 Å². The third-order valence-electron chi connectivity index (χ3n) is 16.6. The van der Waals surface area contributed by atoms with Crippen molar-refractivity contribution in [2.75, 3.05) is 4.90 Å². The summed E-state index contributed by atoms with van der Waals surface area (Å²) in [5, 5.41) is 2.35. The van der Waals surface area contributed by atoms with Gasteiger partial charge < -0.3 is 14.4 Å². The molecule has 0 atom stereocenters. The summed E-state index contributed by atoms with van der Waals surface area (Å²) in [6, 6.07) is 100.0. The fourth-order valence-corrected chi connectivity index (χ4v) is 13.4. The Morgan fingerprint density at radius 3 is 1.13 bits per heavy atom.